The number of benzene rings is 1. The number of carbonyl (C=O) groups excluding carboxylic acids is 1. The van der Waals surface area contributed by atoms with Crippen molar-refractivity contribution in [2.24, 2.45) is 0 Å². The molecule has 9 nitrogen and oxygen atoms in total. The molecule has 2 aliphatic rings. The Morgan fingerprint density at radius 2 is 1.91 bits per heavy atom. The lowest BCUT2D eigenvalue weighted by Gasteiger charge is -2.30. The van der Waals surface area contributed by atoms with Crippen molar-refractivity contribution >= 4 is 27.4 Å². The van der Waals surface area contributed by atoms with Crippen LogP contribution in [0.4, 0.5) is 11.5 Å². The normalized spacial score (nSPS) is 17.4. The van der Waals surface area contributed by atoms with Gasteiger partial charge in [-0.15, -0.1) is 0 Å². The maximum atomic E-state index is 13.3. The van der Waals surface area contributed by atoms with Crippen LogP contribution in [0.25, 0.3) is 0 Å². The third-order valence-electron chi connectivity index (χ3n) is 6.07. The second kappa shape index (κ2) is 10.4. The second-order valence-corrected chi connectivity index (χ2v) is 10.1. The molecule has 2 fully saturated rings. The number of nitrogens with zero attached hydrogens (tertiary/aromatic N) is 2. The summed E-state index contributed by atoms with van der Waals surface area (Å²) in [6.07, 6.45) is 6.80. The van der Waals surface area contributed by atoms with E-state index in [1.54, 1.807) is 18.2 Å². The summed E-state index contributed by atoms with van der Waals surface area (Å²) in [4.78, 5) is 19.9. The maximum Gasteiger partial charge on any atom is 0.262 e. The van der Waals surface area contributed by atoms with Crippen molar-refractivity contribution in [2.45, 2.75) is 43.0 Å². The molecule has 1 aliphatic carbocycles. The summed E-state index contributed by atoms with van der Waals surface area (Å²) in [5.74, 6) is 0.803. The van der Waals surface area contributed by atoms with Gasteiger partial charge in [0.05, 0.1) is 29.5 Å². The summed E-state index contributed by atoms with van der Waals surface area (Å²) in [5, 5.41) is 6.43. The number of pyridine rings is 1. The summed E-state index contributed by atoms with van der Waals surface area (Å²) in [5.41, 5.74) is 0.624. The number of sulfonamides is 1. The summed E-state index contributed by atoms with van der Waals surface area (Å²) >= 11 is 0. The van der Waals surface area contributed by atoms with Crippen LogP contribution in [0.3, 0.4) is 0 Å². The molecule has 178 valence electrons. The average molecular weight is 474 g/mol. The average Bonchev–Trinajstić information content (AvgIpc) is 2.85. The van der Waals surface area contributed by atoms with Gasteiger partial charge in [0.25, 0.3) is 15.9 Å². The van der Waals surface area contributed by atoms with Crippen LogP contribution in [0.5, 0.6) is 5.75 Å². The van der Waals surface area contributed by atoms with Crippen molar-refractivity contribution < 1.29 is 17.9 Å². The van der Waals surface area contributed by atoms with Gasteiger partial charge in [-0.25, -0.2) is 13.4 Å². The minimum Gasteiger partial charge on any atom is -0.497 e. The Hall–Kier alpha value is -2.85. The third-order valence-corrected chi connectivity index (χ3v) is 7.45. The quantitative estimate of drug-likeness (QED) is 0.566. The first-order valence-corrected chi connectivity index (χ1v) is 12.9. The monoisotopic (exact) mass is 473 g/mol. The van der Waals surface area contributed by atoms with E-state index in [-0.39, 0.29) is 22.5 Å². The van der Waals surface area contributed by atoms with Gasteiger partial charge in [0.1, 0.15) is 11.6 Å². The van der Waals surface area contributed by atoms with Crippen LogP contribution in [-0.2, 0) is 10.0 Å². The lowest BCUT2D eigenvalue weighted by molar-refractivity contribution is 0.0928. The summed E-state index contributed by atoms with van der Waals surface area (Å²) in [7, 11) is -2.40. The standard InChI is InChI=1S/C23H31N5O4S/c1-32-19-8-5-9-20(15-19)33(30,31)27-18-14-21(23(29)26-17-6-3-2-4-7-17)22(25-16-18)28-12-10-24-11-13-28/h5,8-9,14-17,24,27H,2-4,6-7,10-13H2,1H3,(H,26,29). The topological polar surface area (TPSA) is 113 Å². The molecule has 0 atom stereocenters. The Labute approximate surface area is 195 Å². The van der Waals surface area contributed by atoms with Crippen LogP contribution in [0.2, 0.25) is 0 Å². The number of hydrogen-bond acceptors (Lipinski definition) is 7. The number of nitrogens with one attached hydrogen (secondary N) is 3. The van der Waals surface area contributed by atoms with E-state index in [0.717, 1.165) is 51.9 Å². The van der Waals surface area contributed by atoms with Gasteiger partial charge in [-0.1, -0.05) is 25.3 Å². The number of aromatic nitrogens is 1. The van der Waals surface area contributed by atoms with E-state index in [1.165, 1.54) is 31.9 Å². The molecule has 2 heterocycles. The summed E-state index contributed by atoms with van der Waals surface area (Å²) < 4.78 is 33.6. The van der Waals surface area contributed by atoms with E-state index in [1.807, 2.05) is 0 Å². The van der Waals surface area contributed by atoms with Gasteiger partial charge in [0.2, 0.25) is 0 Å². The van der Waals surface area contributed by atoms with Crippen LogP contribution in [0, 0.1) is 0 Å². The van der Waals surface area contributed by atoms with Crippen LogP contribution in [-0.4, -0.2) is 58.6 Å². The largest absolute Gasteiger partial charge is 0.497 e. The van der Waals surface area contributed by atoms with Crippen molar-refractivity contribution in [3.63, 3.8) is 0 Å². The van der Waals surface area contributed by atoms with Crippen molar-refractivity contribution in [3.8, 4) is 5.75 Å². The highest BCUT2D eigenvalue weighted by molar-refractivity contribution is 7.92. The number of methoxy groups -OCH3 is 1. The Kier molecular flexibility index (Phi) is 7.34. The van der Waals surface area contributed by atoms with Gasteiger partial charge >= 0.3 is 0 Å². The van der Waals surface area contributed by atoms with E-state index in [4.69, 9.17) is 4.74 Å². The molecule has 10 heteroatoms. The highest BCUT2D eigenvalue weighted by Gasteiger charge is 2.24. The molecule has 4 rings (SSSR count). The Morgan fingerprint density at radius 1 is 1.15 bits per heavy atom. The van der Waals surface area contributed by atoms with E-state index in [9.17, 15) is 13.2 Å². The van der Waals surface area contributed by atoms with Gasteiger partial charge < -0.3 is 20.3 Å². The van der Waals surface area contributed by atoms with Crippen LogP contribution >= 0.6 is 0 Å². The van der Waals surface area contributed by atoms with E-state index in [2.05, 4.69) is 25.2 Å². The van der Waals surface area contributed by atoms with Gasteiger partial charge in [-0.2, -0.15) is 0 Å². The molecule has 0 bridgehead atoms. The SMILES string of the molecule is COc1cccc(S(=O)(=O)Nc2cnc(N3CCNCC3)c(C(=O)NC3CCCCC3)c2)c1. The van der Waals surface area contributed by atoms with Crippen molar-refractivity contribution in [1.29, 1.82) is 0 Å². The van der Waals surface area contributed by atoms with E-state index < -0.39 is 10.0 Å². The highest BCUT2D eigenvalue weighted by Crippen LogP contribution is 2.26. The molecule has 1 saturated heterocycles. The molecule has 1 aromatic heterocycles. The third kappa shape index (κ3) is 5.75. The Bertz CT molecular complexity index is 1080. The van der Waals surface area contributed by atoms with Crippen LogP contribution in [0.15, 0.2) is 41.4 Å². The Balaban J connectivity index is 1.61. The molecule has 0 unspecified atom stereocenters. The van der Waals surface area contributed by atoms with Gasteiger partial charge in [0, 0.05) is 38.3 Å². The zero-order valence-corrected chi connectivity index (χ0v) is 19.7. The minimum absolute atomic E-state index is 0.0706. The zero-order chi connectivity index (χ0) is 23.3. The first-order chi connectivity index (χ1) is 16.0. The van der Waals surface area contributed by atoms with Gasteiger partial charge in [0.15, 0.2) is 0 Å². The van der Waals surface area contributed by atoms with Gasteiger partial charge in [-0.3, -0.25) is 9.52 Å². The molecule has 33 heavy (non-hydrogen) atoms. The molecule has 1 aliphatic heterocycles. The lowest BCUT2D eigenvalue weighted by Crippen LogP contribution is -2.45. The lowest BCUT2D eigenvalue weighted by atomic mass is 9.95. The molecular weight excluding hydrogens is 442 g/mol. The first-order valence-electron chi connectivity index (χ1n) is 11.4. The number of anilines is 2. The van der Waals surface area contributed by atoms with Crippen molar-refractivity contribution in [2.75, 3.05) is 42.9 Å². The molecule has 1 aromatic carbocycles. The molecule has 0 spiro atoms. The number of carbonyl (C=O) groups is 1. The summed E-state index contributed by atoms with van der Waals surface area (Å²) in [6, 6.07) is 7.95. The molecule has 2 aromatic rings. The predicted molar refractivity (Wildman–Crippen MR) is 127 cm³/mol. The first kappa shape index (κ1) is 23.3. The highest BCUT2D eigenvalue weighted by atomic mass is 32.2. The fraction of sp³-hybridized carbons (Fsp3) is 0.478. The predicted octanol–water partition coefficient (Wildman–Crippen LogP) is 2.36. The number of hydrogen-bond donors (Lipinski definition) is 3. The second-order valence-electron chi connectivity index (χ2n) is 8.43. The smallest absolute Gasteiger partial charge is 0.262 e. The minimum atomic E-state index is -3.88. The van der Waals surface area contributed by atoms with E-state index in [0.29, 0.717) is 17.1 Å². The van der Waals surface area contributed by atoms with Crippen LogP contribution in [0.1, 0.15) is 42.5 Å². The molecule has 3 N–H and O–H groups in total. The fourth-order valence-electron chi connectivity index (χ4n) is 4.30. The molecule has 0 radical (unpaired) electrons. The number of ether oxygens (including phenoxy) is 1. The molecule has 1 saturated carbocycles. The molecule has 1 amide bonds. The Morgan fingerprint density at radius 3 is 2.64 bits per heavy atom. The van der Waals surface area contributed by atoms with Crippen molar-refractivity contribution in [1.82, 2.24) is 15.6 Å². The van der Waals surface area contributed by atoms with Gasteiger partial charge in [-0.05, 0) is 31.0 Å². The van der Waals surface area contributed by atoms with Crippen molar-refractivity contribution in [3.05, 3.63) is 42.1 Å². The van der Waals surface area contributed by atoms with E-state index >= 15 is 0 Å². The number of amides is 1. The van der Waals surface area contributed by atoms with Crippen LogP contribution < -0.4 is 25.0 Å². The fourth-order valence-corrected chi connectivity index (χ4v) is 5.37. The summed E-state index contributed by atoms with van der Waals surface area (Å²) in [6.45, 7) is 3.06. The maximum absolute atomic E-state index is 13.3. The number of rotatable bonds is 7. The number of piperazine rings is 1. The molecular formula is C23H31N5O4S. The zero-order valence-electron chi connectivity index (χ0n) is 18.8.